The molecule has 1 aromatic heterocycles. The maximum absolute atomic E-state index is 13.1. The van der Waals surface area contributed by atoms with Crippen LogP contribution in [-0.4, -0.2) is 35.0 Å². The molecule has 1 aliphatic heterocycles. The van der Waals surface area contributed by atoms with E-state index in [0.29, 0.717) is 12.8 Å². The van der Waals surface area contributed by atoms with Gasteiger partial charge in [-0.1, -0.05) is 12.1 Å². The molecule has 0 radical (unpaired) electrons. The van der Waals surface area contributed by atoms with Gasteiger partial charge in [0.15, 0.2) is 0 Å². The summed E-state index contributed by atoms with van der Waals surface area (Å²) in [6.45, 7) is 1.66. The second-order valence-electron chi connectivity index (χ2n) is 6.01. The van der Waals surface area contributed by atoms with Gasteiger partial charge < -0.3 is 10.2 Å². The molecule has 5 nitrogen and oxygen atoms in total. The van der Waals surface area contributed by atoms with E-state index in [1.165, 1.54) is 12.1 Å². The van der Waals surface area contributed by atoms with Crippen LogP contribution in [0.3, 0.4) is 0 Å². The lowest BCUT2D eigenvalue weighted by Crippen LogP contribution is -2.45. The summed E-state index contributed by atoms with van der Waals surface area (Å²) in [5, 5.41) is 3.08. The maximum Gasteiger partial charge on any atom is 0.225 e. The molecule has 1 saturated heterocycles. The number of aryl methyl sites for hydroxylation is 1. The number of amides is 1. The Morgan fingerprint density at radius 1 is 1.21 bits per heavy atom. The van der Waals surface area contributed by atoms with Gasteiger partial charge in [-0.25, -0.2) is 14.4 Å². The van der Waals surface area contributed by atoms with Gasteiger partial charge in [0.1, 0.15) is 5.82 Å². The Hall–Kier alpha value is -2.50. The van der Waals surface area contributed by atoms with Gasteiger partial charge in [-0.2, -0.15) is 0 Å². The lowest BCUT2D eigenvalue weighted by atomic mass is 10.0. The lowest BCUT2D eigenvalue weighted by molar-refractivity contribution is -0.121. The smallest absolute Gasteiger partial charge is 0.225 e. The zero-order valence-electron chi connectivity index (χ0n) is 13.5. The van der Waals surface area contributed by atoms with E-state index < -0.39 is 0 Å². The Kier molecular flexibility index (Phi) is 5.36. The molecule has 1 N–H and O–H groups in total. The normalized spacial score (nSPS) is 15.3. The third-order valence-corrected chi connectivity index (χ3v) is 4.22. The molecule has 1 amide bonds. The van der Waals surface area contributed by atoms with Crippen LogP contribution in [0.25, 0.3) is 0 Å². The molecular formula is C18H21FN4O. The number of nitrogens with one attached hydrogen (secondary N) is 1. The minimum absolute atomic E-state index is 0.0219. The topological polar surface area (TPSA) is 58.1 Å². The molecule has 0 spiro atoms. The van der Waals surface area contributed by atoms with Crippen molar-refractivity contribution in [1.29, 1.82) is 0 Å². The molecule has 1 aliphatic rings. The number of carbonyl (C=O) groups excluding carboxylic acids is 1. The highest BCUT2D eigenvalue weighted by Gasteiger charge is 2.21. The van der Waals surface area contributed by atoms with Crippen LogP contribution in [-0.2, 0) is 11.2 Å². The van der Waals surface area contributed by atoms with Crippen molar-refractivity contribution in [2.24, 2.45) is 0 Å². The Labute approximate surface area is 140 Å². The van der Waals surface area contributed by atoms with Crippen molar-refractivity contribution < 1.29 is 9.18 Å². The molecule has 6 heteroatoms. The van der Waals surface area contributed by atoms with E-state index in [1.54, 1.807) is 24.5 Å². The van der Waals surface area contributed by atoms with Crippen molar-refractivity contribution in [2.45, 2.75) is 31.7 Å². The van der Waals surface area contributed by atoms with Crippen LogP contribution in [0.15, 0.2) is 42.7 Å². The Bertz CT molecular complexity index is 672. The molecule has 0 unspecified atom stereocenters. The van der Waals surface area contributed by atoms with Crippen molar-refractivity contribution in [2.75, 3.05) is 18.0 Å². The van der Waals surface area contributed by atoms with Gasteiger partial charge in [0.05, 0.1) is 0 Å². The first-order valence-corrected chi connectivity index (χ1v) is 8.26. The Morgan fingerprint density at radius 2 is 1.96 bits per heavy atom. The SMILES string of the molecule is O=C(CCc1cccc(F)c1)NC1CCN(c2ncccn2)CC1. The minimum Gasteiger partial charge on any atom is -0.353 e. The largest absolute Gasteiger partial charge is 0.353 e. The van der Waals surface area contributed by atoms with Gasteiger partial charge in [-0.05, 0) is 43.0 Å². The highest BCUT2D eigenvalue weighted by Crippen LogP contribution is 2.15. The first-order valence-electron chi connectivity index (χ1n) is 8.26. The highest BCUT2D eigenvalue weighted by atomic mass is 19.1. The first kappa shape index (κ1) is 16.4. The third kappa shape index (κ3) is 4.50. The number of benzene rings is 1. The van der Waals surface area contributed by atoms with E-state index in [9.17, 15) is 9.18 Å². The van der Waals surface area contributed by atoms with Crippen molar-refractivity contribution in [3.8, 4) is 0 Å². The van der Waals surface area contributed by atoms with E-state index >= 15 is 0 Å². The van der Waals surface area contributed by atoms with Crippen LogP contribution in [0.1, 0.15) is 24.8 Å². The molecule has 2 aromatic rings. The van der Waals surface area contributed by atoms with Gasteiger partial charge in [-0.3, -0.25) is 4.79 Å². The fraction of sp³-hybridized carbons (Fsp3) is 0.389. The van der Waals surface area contributed by atoms with Gasteiger partial charge in [0.25, 0.3) is 0 Å². The second kappa shape index (κ2) is 7.86. The molecule has 126 valence electrons. The molecule has 0 atom stereocenters. The van der Waals surface area contributed by atoms with Gasteiger partial charge in [-0.15, -0.1) is 0 Å². The molecule has 0 aliphatic carbocycles. The number of hydrogen-bond acceptors (Lipinski definition) is 4. The summed E-state index contributed by atoms with van der Waals surface area (Å²) in [4.78, 5) is 22.7. The summed E-state index contributed by atoms with van der Waals surface area (Å²) >= 11 is 0. The summed E-state index contributed by atoms with van der Waals surface area (Å²) in [6.07, 6.45) is 6.17. The molecule has 24 heavy (non-hydrogen) atoms. The van der Waals surface area contributed by atoms with E-state index in [-0.39, 0.29) is 17.8 Å². The van der Waals surface area contributed by atoms with E-state index in [0.717, 1.165) is 37.4 Å². The zero-order chi connectivity index (χ0) is 16.8. The number of halogens is 1. The van der Waals surface area contributed by atoms with Crippen molar-refractivity contribution >= 4 is 11.9 Å². The number of aromatic nitrogens is 2. The van der Waals surface area contributed by atoms with E-state index in [1.807, 2.05) is 6.07 Å². The monoisotopic (exact) mass is 328 g/mol. The summed E-state index contributed by atoms with van der Waals surface area (Å²) in [6, 6.07) is 8.39. The third-order valence-electron chi connectivity index (χ3n) is 4.22. The van der Waals surface area contributed by atoms with Gasteiger partial charge >= 0.3 is 0 Å². The van der Waals surface area contributed by atoms with Crippen LogP contribution in [0.2, 0.25) is 0 Å². The highest BCUT2D eigenvalue weighted by molar-refractivity contribution is 5.76. The average Bonchev–Trinajstić information content (AvgIpc) is 2.61. The fourth-order valence-corrected chi connectivity index (χ4v) is 2.93. The molecule has 0 bridgehead atoms. The van der Waals surface area contributed by atoms with Crippen molar-refractivity contribution in [3.63, 3.8) is 0 Å². The second-order valence-corrected chi connectivity index (χ2v) is 6.01. The molecule has 3 rings (SSSR count). The molecule has 0 saturated carbocycles. The minimum atomic E-state index is -0.261. The number of carbonyl (C=O) groups is 1. The molecule has 2 heterocycles. The number of hydrogen-bond donors (Lipinski definition) is 1. The van der Waals surface area contributed by atoms with Crippen LogP contribution in [0, 0.1) is 5.82 Å². The number of nitrogens with zero attached hydrogens (tertiary/aromatic N) is 3. The molecular weight excluding hydrogens is 307 g/mol. The van der Waals surface area contributed by atoms with E-state index in [4.69, 9.17) is 0 Å². The van der Waals surface area contributed by atoms with Crippen LogP contribution in [0.5, 0.6) is 0 Å². The quantitative estimate of drug-likeness (QED) is 0.915. The lowest BCUT2D eigenvalue weighted by Gasteiger charge is -2.32. The van der Waals surface area contributed by atoms with Crippen LogP contribution < -0.4 is 10.2 Å². The molecule has 1 fully saturated rings. The summed E-state index contributed by atoms with van der Waals surface area (Å²) in [5.41, 5.74) is 0.848. The summed E-state index contributed by atoms with van der Waals surface area (Å²) < 4.78 is 13.1. The fourth-order valence-electron chi connectivity index (χ4n) is 2.93. The van der Waals surface area contributed by atoms with Gasteiger partial charge in [0.2, 0.25) is 11.9 Å². The first-order chi connectivity index (χ1) is 11.7. The average molecular weight is 328 g/mol. The Balaban J connectivity index is 1.42. The van der Waals surface area contributed by atoms with E-state index in [2.05, 4.69) is 20.2 Å². The maximum atomic E-state index is 13.1. The van der Waals surface area contributed by atoms with Crippen LogP contribution in [0.4, 0.5) is 10.3 Å². The number of piperidine rings is 1. The van der Waals surface area contributed by atoms with Crippen LogP contribution >= 0.6 is 0 Å². The van der Waals surface area contributed by atoms with Crippen molar-refractivity contribution in [3.05, 3.63) is 54.1 Å². The predicted molar refractivity (Wildman–Crippen MR) is 90.1 cm³/mol. The zero-order valence-corrected chi connectivity index (χ0v) is 13.5. The van der Waals surface area contributed by atoms with Gasteiger partial charge in [0, 0.05) is 37.9 Å². The number of anilines is 1. The number of rotatable bonds is 5. The summed E-state index contributed by atoms with van der Waals surface area (Å²) in [7, 11) is 0. The standard InChI is InChI=1S/C18H21FN4O/c19-15-4-1-3-14(13-15)5-6-17(24)22-16-7-11-23(12-8-16)18-20-9-2-10-21-18/h1-4,9-10,13,16H,5-8,11-12H2,(H,22,24). The molecule has 1 aromatic carbocycles. The van der Waals surface area contributed by atoms with Crippen molar-refractivity contribution in [1.82, 2.24) is 15.3 Å². The Morgan fingerprint density at radius 3 is 2.67 bits per heavy atom. The predicted octanol–water partition coefficient (Wildman–Crippen LogP) is 2.33. The summed E-state index contributed by atoms with van der Waals surface area (Å²) in [5.74, 6) is 0.505.